The fourth-order valence-corrected chi connectivity index (χ4v) is 2.11. The molecule has 1 aromatic heterocycles. The summed E-state index contributed by atoms with van der Waals surface area (Å²) in [6, 6.07) is 13.0. The van der Waals surface area contributed by atoms with Gasteiger partial charge >= 0.3 is 0 Å². The number of carbonyl (C=O) groups excluding carboxylic acids is 1. The average molecular weight is 290 g/mol. The number of hydrogen-bond acceptors (Lipinski definition) is 3. The SMILES string of the molecule is CC(CNC(=O)c1cc(N)nc(Cl)c1)c1ccccc1. The first-order valence-electron chi connectivity index (χ1n) is 6.32. The zero-order valence-corrected chi connectivity index (χ0v) is 11.9. The molecule has 1 atom stereocenters. The quantitative estimate of drug-likeness (QED) is 0.851. The number of rotatable bonds is 4. The monoisotopic (exact) mass is 289 g/mol. The van der Waals surface area contributed by atoms with Crippen LogP contribution in [0.1, 0.15) is 28.8 Å². The molecule has 0 aliphatic rings. The molecule has 0 saturated carbocycles. The van der Waals surface area contributed by atoms with Crippen LogP contribution in [0.4, 0.5) is 5.82 Å². The minimum Gasteiger partial charge on any atom is -0.384 e. The lowest BCUT2D eigenvalue weighted by atomic mass is 10.0. The third kappa shape index (κ3) is 3.71. The Morgan fingerprint density at radius 1 is 1.35 bits per heavy atom. The minimum atomic E-state index is -0.205. The van der Waals surface area contributed by atoms with E-state index in [9.17, 15) is 4.79 Å². The number of carbonyl (C=O) groups is 1. The Labute approximate surface area is 123 Å². The molecule has 2 aromatic rings. The van der Waals surface area contributed by atoms with Gasteiger partial charge < -0.3 is 11.1 Å². The van der Waals surface area contributed by atoms with E-state index in [1.807, 2.05) is 30.3 Å². The molecule has 0 aliphatic carbocycles. The van der Waals surface area contributed by atoms with Gasteiger partial charge in [-0.05, 0) is 23.6 Å². The normalized spacial score (nSPS) is 11.9. The Morgan fingerprint density at radius 2 is 2.05 bits per heavy atom. The molecule has 1 heterocycles. The van der Waals surface area contributed by atoms with Gasteiger partial charge in [-0.25, -0.2) is 4.98 Å². The van der Waals surface area contributed by atoms with Crippen LogP contribution in [0.2, 0.25) is 5.15 Å². The summed E-state index contributed by atoms with van der Waals surface area (Å²) in [6.07, 6.45) is 0. The zero-order valence-electron chi connectivity index (χ0n) is 11.1. The molecule has 2 rings (SSSR count). The minimum absolute atomic E-state index is 0.205. The summed E-state index contributed by atoms with van der Waals surface area (Å²) in [4.78, 5) is 15.9. The maximum Gasteiger partial charge on any atom is 0.251 e. The van der Waals surface area contributed by atoms with Gasteiger partial charge in [0.05, 0.1) is 0 Å². The lowest BCUT2D eigenvalue weighted by molar-refractivity contribution is 0.0951. The molecular weight excluding hydrogens is 274 g/mol. The highest BCUT2D eigenvalue weighted by Crippen LogP contribution is 2.15. The molecular formula is C15H16ClN3O. The summed E-state index contributed by atoms with van der Waals surface area (Å²) in [5.74, 6) is 0.261. The molecule has 20 heavy (non-hydrogen) atoms. The van der Waals surface area contributed by atoms with Gasteiger partial charge in [-0.3, -0.25) is 4.79 Å². The van der Waals surface area contributed by atoms with Crippen LogP contribution in [-0.2, 0) is 0 Å². The molecule has 3 N–H and O–H groups in total. The van der Waals surface area contributed by atoms with Gasteiger partial charge in [0, 0.05) is 12.1 Å². The topological polar surface area (TPSA) is 68.0 Å². The van der Waals surface area contributed by atoms with Crippen LogP contribution in [0, 0.1) is 0 Å². The van der Waals surface area contributed by atoms with Crippen LogP contribution in [0.3, 0.4) is 0 Å². The van der Waals surface area contributed by atoms with Crippen molar-refractivity contribution in [2.24, 2.45) is 0 Å². The molecule has 0 spiro atoms. The van der Waals surface area contributed by atoms with Crippen LogP contribution in [0.5, 0.6) is 0 Å². The van der Waals surface area contributed by atoms with Crippen LogP contribution in [0.25, 0.3) is 0 Å². The van der Waals surface area contributed by atoms with Crippen molar-refractivity contribution in [3.05, 3.63) is 58.7 Å². The summed E-state index contributed by atoms with van der Waals surface area (Å²) in [5, 5.41) is 3.08. The molecule has 0 radical (unpaired) electrons. The maximum absolute atomic E-state index is 12.0. The van der Waals surface area contributed by atoms with Crippen molar-refractivity contribution in [3.8, 4) is 0 Å². The van der Waals surface area contributed by atoms with Gasteiger partial charge in [0.2, 0.25) is 0 Å². The molecule has 0 aliphatic heterocycles. The van der Waals surface area contributed by atoms with Crippen molar-refractivity contribution >= 4 is 23.3 Å². The van der Waals surface area contributed by atoms with Crippen molar-refractivity contribution in [3.63, 3.8) is 0 Å². The zero-order chi connectivity index (χ0) is 14.5. The number of nitrogens with two attached hydrogens (primary N) is 1. The number of hydrogen-bond donors (Lipinski definition) is 2. The smallest absolute Gasteiger partial charge is 0.251 e. The van der Waals surface area contributed by atoms with Gasteiger partial charge in [0.15, 0.2) is 0 Å². The number of amides is 1. The number of aromatic nitrogens is 1. The van der Waals surface area contributed by atoms with E-state index in [0.717, 1.165) is 0 Å². The van der Waals surface area contributed by atoms with E-state index in [0.29, 0.717) is 12.1 Å². The molecule has 1 amide bonds. The summed E-state index contributed by atoms with van der Waals surface area (Å²) >= 11 is 5.78. The summed E-state index contributed by atoms with van der Waals surface area (Å²) in [5.41, 5.74) is 7.17. The van der Waals surface area contributed by atoms with Crippen LogP contribution < -0.4 is 11.1 Å². The Bertz CT molecular complexity index is 581. The number of halogens is 1. The van der Waals surface area contributed by atoms with Gasteiger partial charge in [-0.2, -0.15) is 0 Å². The number of nitrogen functional groups attached to an aromatic ring is 1. The highest BCUT2D eigenvalue weighted by molar-refractivity contribution is 6.29. The third-order valence-electron chi connectivity index (χ3n) is 3.01. The first-order valence-corrected chi connectivity index (χ1v) is 6.70. The molecule has 104 valence electrons. The number of anilines is 1. The summed E-state index contributed by atoms with van der Waals surface area (Å²) in [7, 11) is 0. The maximum atomic E-state index is 12.0. The standard InChI is InChI=1S/C15H16ClN3O/c1-10(11-5-3-2-4-6-11)9-18-15(20)12-7-13(16)19-14(17)8-12/h2-8,10H,9H2,1H3,(H2,17,19)(H,18,20). The fourth-order valence-electron chi connectivity index (χ4n) is 1.90. The van der Waals surface area contributed by atoms with E-state index in [-0.39, 0.29) is 22.8 Å². The molecule has 1 unspecified atom stereocenters. The van der Waals surface area contributed by atoms with Crippen molar-refractivity contribution in [1.82, 2.24) is 10.3 Å². The third-order valence-corrected chi connectivity index (χ3v) is 3.21. The fraction of sp³-hybridized carbons (Fsp3) is 0.200. The second kappa shape index (κ2) is 6.39. The van der Waals surface area contributed by atoms with Crippen molar-refractivity contribution in [2.45, 2.75) is 12.8 Å². The van der Waals surface area contributed by atoms with Gasteiger partial charge in [0.25, 0.3) is 5.91 Å². The largest absolute Gasteiger partial charge is 0.384 e. The van der Waals surface area contributed by atoms with Crippen LogP contribution in [0.15, 0.2) is 42.5 Å². The predicted octanol–water partition coefficient (Wildman–Crippen LogP) is 2.85. The number of nitrogens with zero attached hydrogens (tertiary/aromatic N) is 1. The number of pyridine rings is 1. The average Bonchev–Trinajstić information content (AvgIpc) is 2.44. The second-order valence-electron chi connectivity index (χ2n) is 4.63. The Kier molecular flexibility index (Phi) is 4.58. The first-order chi connectivity index (χ1) is 9.56. The van der Waals surface area contributed by atoms with Crippen molar-refractivity contribution in [2.75, 3.05) is 12.3 Å². The van der Waals surface area contributed by atoms with E-state index < -0.39 is 0 Å². The number of nitrogens with one attached hydrogen (secondary N) is 1. The highest BCUT2D eigenvalue weighted by atomic mass is 35.5. The van der Waals surface area contributed by atoms with E-state index >= 15 is 0 Å². The molecule has 0 saturated heterocycles. The molecule has 5 heteroatoms. The predicted molar refractivity (Wildman–Crippen MR) is 80.8 cm³/mol. The lowest BCUT2D eigenvalue weighted by Gasteiger charge is -2.13. The van der Waals surface area contributed by atoms with E-state index in [4.69, 9.17) is 17.3 Å². The highest BCUT2D eigenvalue weighted by Gasteiger charge is 2.10. The van der Waals surface area contributed by atoms with Crippen LogP contribution >= 0.6 is 11.6 Å². The van der Waals surface area contributed by atoms with Gasteiger partial charge in [-0.1, -0.05) is 48.9 Å². The van der Waals surface area contributed by atoms with Crippen molar-refractivity contribution in [1.29, 1.82) is 0 Å². The second-order valence-corrected chi connectivity index (χ2v) is 5.01. The van der Waals surface area contributed by atoms with E-state index in [1.165, 1.54) is 17.7 Å². The molecule has 1 aromatic carbocycles. The van der Waals surface area contributed by atoms with Crippen molar-refractivity contribution < 1.29 is 4.79 Å². The number of benzene rings is 1. The van der Waals surface area contributed by atoms with Gasteiger partial charge in [0.1, 0.15) is 11.0 Å². The molecule has 4 nitrogen and oxygen atoms in total. The van der Waals surface area contributed by atoms with E-state index in [2.05, 4.69) is 17.2 Å². The van der Waals surface area contributed by atoms with Gasteiger partial charge in [-0.15, -0.1) is 0 Å². The summed E-state index contributed by atoms with van der Waals surface area (Å²) < 4.78 is 0. The Balaban J connectivity index is 1.98. The molecule has 0 fully saturated rings. The molecule has 0 bridgehead atoms. The van der Waals surface area contributed by atoms with E-state index in [1.54, 1.807) is 0 Å². The Morgan fingerprint density at radius 3 is 2.70 bits per heavy atom. The lowest BCUT2D eigenvalue weighted by Crippen LogP contribution is -2.27. The van der Waals surface area contributed by atoms with Crippen LogP contribution in [-0.4, -0.2) is 17.4 Å². The summed E-state index contributed by atoms with van der Waals surface area (Å²) in [6.45, 7) is 2.60. The first kappa shape index (κ1) is 14.3. The Hall–Kier alpha value is -2.07.